The predicted molar refractivity (Wildman–Crippen MR) is 79.9 cm³/mol. The van der Waals surface area contributed by atoms with Crippen LogP contribution in [0.5, 0.6) is 0 Å². The molecule has 2 rings (SSSR count). The maximum absolute atomic E-state index is 12.4. The zero-order valence-corrected chi connectivity index (χ0v) is 13.3. The van der Waals surface area contributed by atoms with Crippen LogP contribution in [-0.4, -0.2) is 64.0 Å². The van der Waals surface area contributed by atoms with Crippen molar-refractivity contribution >= 4 is 5.96 Å². The van der Waals surface area contributed by atoms with Gasteiger partial charge in [-0.2, -0.15) is 13.2 Å². The number of guanidine groups is 1. The number of alkyl halides is 3. The summed E-state index contributed by atoms with van der Waals surface area (Å²) in [6, 6.07) is -0.0466. The molecule has 1 aromatic heterocycles. The summed E-state index contributed by atoms with van der Waals surface area (Å²) in [7, 11) is 1.83. The molecule has 1 aliphatic rings. The van der Waals surface area contributed by atoms with Gasteiger partial charge < -0.3 is 15.2 Å². The van der Waals surface area contributed by atoms with Crippen LogP contribution in [0.1, 0.15) is 19.2 Å². The van der Waals surface area contributed by atoms with Gasteiger partial charge in [0.15, 0.2) is 11.8 Å². The fourth-order valence-electron chi connectivity index (χ4n) is 2.46. The number of hydrogen-bond acceptors (Lipinski definition) is 4. The zero-order valence-electron chi connectivity index (χ0n) is 13.3. The Morgan fingerprint density at radius 1 is 1.48 bits per heavy atom. The van der Waals surface area contributed by atoms with E-state index in [0.29, 0.717) is 44.4 Å². The second-order valence-electron chi connectivity index (χ2n) is 5.53. The molecule has 0 amide bonds. The molecule has 10 heteroatoms. The van der Waals surface area contributed by atoms with E-state index in [1.165, 1.54) is 4.90 Å². The Morgan fingerprint density at radius 3 is 2.87 bits per heavy atom. The number of rotatable bonds is 5. The van der Waals surface area contributed by atoms with Crippen molar-refractivity contribution in [3.8, 4) is 0 Å². The van der Waals surface area contributed by atoms with E-state index in [0.717, 1.165) is 0 Å². The molecule has 0 aliphatic carbocycles. The molecule has 2 N–H and O–H groups in total. The monoisotopic (exact) mass is 333 g/mol. The minimum Gasteiger partial charge on any atom is -0.357 e. The quantitative estimate of drug-likeness (QED) is 0.607. The van der Waals surface area contributed by atoms with Gasteiger partial charge in [0, 0.05) is 32.7 Å². The third kappa shape index (κ3) is 5.70. The van der Waals surface area contributed by atoms with Crippen LogP contribution in [0, 0.1) is 0 Å². The first-order chi connectivity index (χ1) is 10.9. The molecule has 0 bridgehead atoms. The Balaban J connectivity index is 1.88. The van der Waals surface area contributed by atoms with E-state index in [2.05, 4.69) is 25.8 Å². The Bertz CT molecular complexity index is 526. The molecule has 1 unspecified atom stereocenters. The smallest absolute Gasteiger partial charge is 0.357 e. The molecule has 1 saturated heterocycles. The van der Waals surface area contributed by atoms with Crippen molar-refractivity contribution in [2.24, 2.45) is 12.0 Å². The van der Waals surface area contributed by atoms with Crippen molar-refractivity contribution in [2.75, 3.05) is 26.2 Å². The molecule has 0 aromatic carbocycles. The van der Waals surface area contributed by atoms with Crippen molar-refractivity contribution in [1.29, 1.82) is 0 Å². The largest absolute Gasteiger partial charge is 0.401 e. The molecule has 130 valence electrons. The third-order valence-electron chi connectivity index (χ3n) is 3.54. The molecule has 1 aliphatic heterocycles. The lowest BCUT2D eigenvalue weighted by Crippen LogP contribution is -2.45. The van der Waals surface area contributed by atoms with E-state index in [1.54, 1.807) is 10.9 Å². The number of aryl methyl sites for hydroxylation is 1. The van der Waals surface area contributed by atoms with Crippen LogP contribution in [-0.2, 0) is 13.6 Å². The Labute approximate surface area is 133 Å². The van der Waals surface area contributed by atoms with Gasteiger partial charge in [-0.1, -0.05) is 0 Å². The highest BCUT2D eigenvalue weighted by atomic mass is 19.4. The van der Waals surface area contributed by atoms with E-state index in [4.69, 9.17) is 0 Å². The molecule has 23 heavy (non-hydrogen) atoms. The second-order valence-corrected chi connectivity index (χ2v) is 5.53. The summed E-state index contributed by atoms with van der Waals surface area (Å²) < 4.78 is 39.0. The highest BCUT2D eigenvalue weighted by Crippen LogP contribution is 2.19. The van der Waals surface area contributed by atoms with Gasteiger partial charge in [0.2, 0.25) is 0 Å². The first-order valence-electron chi connectivity index (χ1n) is 7.54. The van der Waals surface area contributed by atoms with Gasteiger partial charge in [-0.25, -0.2) is 4.99 Å². The number of nitrogens with zero attached hydrogens (tertiary/aromatic N) is 5. The van der Waals surface area contributed by atoms with Gasteiger partial charge in [0.1, 0.15) is 12.9 Å². The van der Waals surface area contributed by atoms with E-state index >= 15 is 0 Å². The number of aliphatic imine (C=N–C) groups is 1. The summed E-state index contributed by atoms with van der Waals surface area (Å²) in [5.41, 5.74) is 0. The fourth-order valence-corrected chi connectivity index (χ4v) is 2.46. The Hall–Kier alpha value is -1.84. The normalized spacial score (nSPS) is 20.0. The molecule has 1 fully saturated rings. The Morgan fingerprint density at radius 2 is 2.26 bits per heavy atom. The van der Waals surface area contributed by atoms with Gasteiger partial charge in [0.05, 0.1) is 6.54 Å². The number of nitrogens with one attached hydrogen (secondary N) is 2. The summed E-state index contributed by atoms with van der Waals surface area (Å²) in [4.78, 5) is 5.82. The molecular formula is C13H22F3N7. The van der Waals surface area contributed by atoms with Crippen molar-refractivity contribution in [1.82, 2.24) is 30.3 Å². The summed E-state index contributed by atoms with van der Waals surface area (Å²) in [6.07, 6.45) is -1.90. The van der Waals surface area contributed by atoms with Crippen LogP contribution < -0.4 is 10.6 Å². The van der Waals surface area contributed by atoms with Crippen LogP contribution >= 0.6 is 0 Å². The van der Waals surface area contributed by atoms with E-state index in [9.17, 15) is 13.2 Å². The highest BCUT2D eigenvalue weighted by Gasteiger charge is 2.34. The van der Waals surface area contributed by atoms with E-state index < -0.39 is 12.7 Å². The van der Waals surface area contributed by atoms with Gasteiger partial charge in [-0.15, -0.1) is 10.2 Å². The maximum Gasteiger partial charge on any atom is 0.401 e. The predicted octanol–water partition coefficient (Wildman–Crippen LogP) is 0.507. The maximum atomic E-state index is 12.4. The lowest BCUT2D eigenvalue weighted by molar-refractivity contribution is -0.143. The van der Waals surface area contributed by atoms with Crippen LogP contribution in [0.3, 0.4) is 0 Å². The average Bonchev–Trinajstić information content (AvgIpc) is 3.04. The topological polar surface area (TPSA) is 70.4 Å². The average molecular weight is 333 g/mol. The molecule has 0 spiro atoms. The van der Waals surface area contributed by atoms with Crippen LogP contribution in [0.2, 0.25) is 0 Å². The third-order valence-corrected chi connectivity index (χ3v) is 3.54. The molecular weight excluding hydrogens is 311 g/mol. The lowest BCUT2D eigenvalue weighted by Gasteiger charge is -2.19. The SMILES string of the molecule is CCNC(=NCc1nncn1C)NC1CCN(CC(F)(F)F)C1. The standard InChI is InChI=1S/C13H22F3N7/c1-3-17-12(18-6-11-21-19-9-22(11)2)20-10-4-5-23(7-10)8-13(14,15)16/h9-10H,3-8H2,1-2H3,(H2,17,18,20). The van der Waals surface area contributed by atoms with Crippen LogP contribution in [0.25, 0.3) is 0 Å². The summed E-state index contributed by atoms with van der Waals surface area (Å²) >= 11 is 0. The van der Waals surface area contributed by atoms with Crippen molar-refractivity contribution in [2.45, 2.75) is 32.1 Å². The summed E-state index contributed by atoms with van der Waals surface area (Å²) in [5, 5.41) is 14.0. The molecule has 7 nitrogen and oxygen atoms in total. The lowest BCUT2D eigenvalue weighted by atomic mass is 10.3. The fraction of sp³-hybridized carbons (Fsp3) is 0.769. The van der Waals surface area contributed by atoms with Gasteiger partial charge in [0.25, 0.3) is 0 Å². The van der Waals surface area contributed by atoms with Gasteiger partial charge in [-0.05, 0) is 13.3 Å². The Kier molecular flexibility index (Phi) is 5.80. The van der Waals surface area contributed by atoms with E-state index in [1.807, 2.05) is 14.0 Å². The number of likely N-dealkylation sites (tertiary alicyclic amines) is 1. The zero-order chi connectivity index (χ0) is 16.9. The minimum atomic E-state index is -4.15. The number of hydrogen-bond donors (Lipinski definition) is 2. The first-order valence-corrected chi connectivity index (χ1v) is 7.54. The highest BCUT2D eigenvalue weighted by molar-refractivity contribution is 5.80. The van der Waals surface area contributed by atoms with Gasteiger partial charge >= 0.3 is 6.18 Å². The second kappa shape index (κ2) is 7.62. The van der Waals surface area contributed by atoms with Crippen LogP contribution in [0.4, 0.5) is 13.2 Å². The van der Waals surface area contributed by atoms with E-state index in [-0.39, 0.29) is 6.04 Å². The minimum absolute atomic E-state index is 0.0466. The van der Waals surface area contributed by atoms with Crippen LogP contribution in [0.15, 0.2) is 11.3 Å². The van der Waals surface area contributed by atoms with Crippen molar-refractivity contribution in [3.63, 3.8) is 0 Å². The van der Waals surface area contributed by atoms with Crippen molar-refractivity contribution < 1.29 is 13.2 Å². The van der Waals surface area contributed by atoms with Crippen molar-refractivity contribution in [3.05, 3.63) is 12.2 Å². The van der Waals surface area contributed by atoms with Gasteiger partial charge in [-0.3, -0.25) is 4.90 Å². The molecule has 1 atom stereocenters. The molecule has 1 aromatic rings. The summed E-state index contributed by atoms with van der Waals surface area (Å²) in [5.74, 6) is 1.29. The number of halogens is 3. The number of aromatic nitrogens is 3. The molecule has 0 saturated carbocycles. The first kappa shape index (κ1) is 17.5. The molecule has 2 heterocycles. The summed E-state index contributed by atoms with van der Waals surface area (Å²) in [6.45, 7) is 2.88. The molecule has 0 radical (unpaired) electrons.